The first-order valence-corrected chi connectivity index (χ1v) is 13.0. The van der Waals surface area contributed by atoms with Crippen LogP contribution in [-0.2, 0) is 17.8 Å². The number of para-hydroxylation sites is 2. The van der Waals surface area contributed by atoms with Gasteiger partial charge in [-0.3, -0.25) is 14.5 Å². The van der Waals surface area contributed by atoms with Crippen molar-refractivity contribution in [2.24, 2.45) is 0 Å². The predicted molar refractivity (Wildman–Crippen MR) is 151 cm³/mol. The smallest absolute Gasteiger partial charge is 0.294 e. The molecule has 0 aromatic heterocycles. The van der Waals surface area contributed by atoms with Crippen molar-refractivity contribution in [1.29, 1.82) is 0 Å². The molecule has 0 radical (unpaired) electrons. The minimum absolute atomic E-state index is 0.0215. The first-order chi connectivity index (χ1) is 19.0. The van der Waals surface area contributed by atoms with E-state index in [1.54, 1.807) is 60.7 Å². The summed E-state index contributed by atoms with van der Waals surface area (Å²) in [6.45, 7) is 2.07. The summed E-state index contributed by atoms with van der Waals surface area (Å²) in [7, 11) is 0. The molecule has 1 aliphatic rings. The number of anilines is 1. The van der Waals surface area contributed by atoms with Gasteiger partial charge in [0.2, 0.25) is 0 Å². The maximum Gasteiger partial charge on any atom is 0.294 e. The summed E-state index contributed by atoms with van der Waals surface area (Å²) in [6.07, 6.45) is 3.36. The predicted octanol–water partition coefficient (Wildman–Crippen LogP) is 6.54. The summed E-state index contributed by atoms with van der Waals surface area (Å²) in [5.74, 6) is -0.254. The zero-order valence-electron chi connectivity index (χ0n) is 21.6. The van der Waals surface area contributed by atoms with E-state index in [2.05, 4.69) is 17.4 Å². The third-order valence-corrected chi connectivity index (χ3v) is 6.68. The highest BCUT2D eigenvalue weighted by Crippen LogP contribution is 2.36. The van der Waals surface area contributed by atoms with E-state index < -0.39 is 0 Å². The molecular formula is C33H29FN2O3. The van der Waals surface area contributed by atoms with Crippen LogP contribution in [0, 0.1) is 5.82 Å². The standard InChI is InChI=1S/C33H29FN2O3/c1-23(15-16-24-9-3-2-4-10-24)35-32(37)26-19-17-25(18-20-26)21-31-33(38)36(22-27-11-5-6-12-28(27)34)29-13-7-8-14-30(29)39-31/h2-14,17-21,23H,15-16,22H2,1H3,(H,35,37)/b31-21-/t23-/m0/s1. The van der Waals surface area contributed by atoms with Crippen LogP contribution in [0.15, 0.2) is 109 Å². The van der Waals surface area contributed by atoms with E-state index in [1.807, 2.05) is 37.3 Å². The molecule has 0 bridgehead atoms. The topological polar surface area (TPSA) is 58.6 Å². The summed E-state index contributed by atoms with van der Waals surface area (Å²) in [5.41, 5.74) is 3.47. The minimum atomic E-state index is -0.372. The average molecular weight is 521 g/mol. The van der Waals surface area contributed by atoms with Gasteiger partial charge in [-0.05, 0) is 67.3 Å². The molecule has 2 amide bonds. The molecule has 1 aliphatic heterocycles. The molecule has 0 unspecified atom stereocenters. The number of nitrogens with one attached hydrogen (secondary N) is 1. The molecule has 5 nitrogen and oxygen atoms in total. The highest BCUT2D eigenvalue weighted by Gasteiger charge is 2.30. The van der Waals surface area contributed by atoms with Gasteiger partial charge in [0.05, 0.1) is 12.2 Å². The molecule has 1 atom stereocenters. The fourth-order valence-corrected chi connectivity index (χ4v) is 4.51. The Kier molecular flexibility index (Phi) is 7.83. The molecule has 5 rings (SSSR count). The number of hydrogen-bond acceptors (Lipinski definition) is 3. The Morgan fingerprint density at radius 3 is 2.38 bits per heavy atom. The monoisotopic (exact) mass is 520 g/mol. The number of carbonyl (C=O) groups excluding carboxylic acids is 2. The number of fused-ring (bicyclic) bond motifs is 1. The van der Waals surface area contributed by atoms with Crippen molar-refractivity contribution in [3.63, 3.8) is 0 Å². The van der Waals surface area contributed by atoms with Crippen LogP contribution < -0.4 is 15.0 Å². The maximum absolute atomic E-state index is 14.4. The van der Waals surface area contributed by atoms with Crippen molar-refractivity contribution in [2.45, 2.75) is 32.4 Å². The highest BCUT2D eigenvalue weighted by atomic mass is 19.1. The molecule has 196 valence electrons. The summed E-state index contributed by atoms with van der Waals surface area (Å²) in [4.78, 5) is 27.7. The Balaban J connectivity index is 1.28. The number of benzene rings is 4. The lowest BCUT2D eigenvalue weighted by Crippen LogP contribution is -2.37. The van der Waals surface area contributed by atoms with E-state index in [0.717, 1.165) is 12.8 Å². The van der Waals surface area contributed by atoms with Crippen LogP contribution in [0.5, 0.6) is 5.75 Å². The van der Waals surface area contributed by atoms with Crippen molar-refractivity contribution in [3.8, 4) is 5.75 Å². The van der Waals surface area contributed by atoms with Crippen molar-refractivity contribution in [3.05, 3.63) is 137 Å². The van der Waals surface area contributed by atoms with Crippen LogP contribution in [0.3, 0.4) is 0 Å². The van der Waals surface area contributed by atoms with Crippen LogP contribution in [-0.4, -0.2) is 17.9 Å². The summed E-state index contributed by atoms with van der Waals surface area (Å²) in [5, 5.41) is 3.05. The number of halogens is 1. The van der Waals surface area contributed by atoms with E-state index in [0.29, 0.717) is 28.1 Å². The number of ether oxygens (including phenoxy) is 1. The van der Waals surface area contributed by atoms with E-state index in [4.69, 9.17) is 4.74 Å². The minimum Gasteiger partial charge on any atom is -0.449 e. The van der Waals surface area contributed by atoms with Crippen LogP contribution in [0.4, 0.5) is 10.1 Å². The molecule has 4 aromatic rings. The van der Waals surface area contributed by atoms with E-state index in [9.17, 15) is 14.0 Å². The quantitative estimate of drug-likeness (QED) is 0.268. The van der Waals surface area contributed by atoms with Gasteiger partial charge in [-0.15, -0.1) is 0 Å². The maximum atomic E-state index is 14.4. The normalized spacial score (nSPS) is 14.5. The third kappa shape index (κ3) is 6.24. The summed E-state index contributed by atoms with van der Waals surface area (Å²) < 4.78 is 20.3. The molecule has 4 aromatic carbocycles. The van der Waals surface area contributed by atoms with Crippen molar-refractivity contribution in [2.75, 3.05) is 4.90 Å². The zero-order valence-corrected chi connectivity index (χ0v) is 21.6. The molecule has 0 aliphatic carbocycles. The first kappa shape index (κ1) is 25.9. The lowest BCUT2D eigenvalue weighted by Gasteiger charge is -2.30. The Hall–Kier alpha value is -4.71. The van der Waals surface area contributed by atoms with Gasteiger partial charge in [0, 0.05) is 17.2 Å². The molecule has 0 fully saturated rings. The van der Waals surface area contributed by atoms with Gasteiger partial charge in [0.25, 0.3) is 11.8 Å². The summed E-state index contributed by atoms with van der Waals surface area (Å²) in [6, 6.07) is 30.8. The van der Waals surface area contributed by atoms with Crippen molar-refractivity contribution in [1.82, 2.24) is 5.32 Å². The van der Waals surface area contributed by atoms with Gasteiger partial charge in [0.1, 0.15) is 5.82 Å². The molecule has 1 N–H and O–H groups in total. The highest BCUT2D eigenvalue weighted by molar-refractivity contribution is 6.09. The number of hydrogen-bond donors (Lipinski definition) is 1. The lowest BCUT2D eigenvalue weighted by molar-refractivity contribution is -0.117. The van der Waals surface area contributed by atoms with Gasteiger partial charge in [-0.2, -0.15) is 0 Å². The van der Waals surface area contributed by atoms with Gasteiger partial charge >= 0.3 is 0 Å². The molecule has 39 heavy (non-hydrogen) atoms. The van der Waals surface area contributed by atoms with Crippen LogP contribution in [0.1, 0.15) is 40.4 Å². The number of aryl methyl sites for hydroxylation is 1. The van der Waals surface area contributed by atoms with Gasteiger partial charge < -0.3 is 10.1 Å². The lowest BCUT2D eigenvalue weighted by atomic mass is 10.1. The fourth-order valence-electron chi connectivity index (χ4n) is 4.51. The molecule has 0 spiro atoms. The fraction of sp³-hybridized carbons (Fsp3) is 0.152. The molecular weight excluding hydrogens is 491 g/mol. The van der Waals surface area contributed by atoms with Gasteiger partial charge in [-0.1, -0.05) is 72.8 Å². The number of nitrogens with zero attached hydrogens (tertiary/aromatic N) is 1. The molecule has 6 heteroatoms. The van der Waals surface area contributed by atoms with Crippen molar-refractivity contribution < 1.29 is 18.7 Å². The largest absolute Gasteiger partial charge is 0.449 e. The second kappa shape index (κ2) is 11.8. The van der Waals surface area contributed by atoms with E-state index >= 15 is 0 Å². The average Bonchev–Trinajstić information content (AvgIpc) is 2.96. The SMILES string of the molecule is C[C@@H](CCc1ccccc1)NC(=O)c1ccc(/C=C2\Oc3ccccc3N(Cc3ccccc3F)C2=O)cc1. The van der Waals surface area contributed by atoms with Gasteiger partial charge in [-0.25, -0.2) is 4.39 Å². The number of carbonyl (C=O) groups is 2. The summed E-state index contributed by atoms with van der Waals surface area (Å²) >= 11 is 0. The van der Waals surface area contributed by atoms with Gasteiger partial charge in [0.15, 0.2) is 11.5 Å². The van der Waals surface area contributed by atoms with Crippen molar-refractivity contribution >= 4 is 23.6 Å². The number of amides is 2. The Morgan fingerprint density at radius 1 is 0.923 bits per heavy atom. The second-order valence-corrected chi connectivity index (χ2v) is 9.58. The second-order valence-electron chi connectivity index (χ2n) is 9.58. The Bertz CT molecular complexity index is 1500. The molecule has 0 saturated heterocycles. The van der Waals surface area contributed by atoms with Crippen LogP contribution in [0.2, 0.25) is 0 Å². The third-order valence-electron chi connectivity index (χ3n) is 6.68. The van der Waals surface area contributed by atoms with Crippen LogP contribution >= 0.6 is 0 Å². The van der Waals surface area contributed by atoms with Crippen LogP contribution in [0.25, 0.3) is 6.08 Å². The Labute approximate surface area is 227 Å². The van der Waals surface area contributed by atoms with E-state index in [-0.39, 0.29) is 36.0 Å². The molecule has 0 saturated carbocycles. The number of rotatable bonds is 8. The zero-order chi connectivity index (χ0) is 27.2. The first-order valence-electron chi connectivity index (χ1n) is 13.0. The Morgan fingerprint density at radius 2 is 1.62 bits per heavy atom. The molecule has 1 heterocycles. The van der Waals surface area contributed by atoms with E-state index in [1.165, 1.54) is 16.5 Å².